The van der Waals surface area contributed by atoms with Gasteiger partial charge in [0.25, 0.3) is 0 Å². The fourth-order valence-corrected chi connectivity index (χ4v) is 4.88. The summed E-state index contributed by atoms with van der Waals surface area (Å²) in [5.41, 5.74) is 5.91. The Labute approximate surface area is 149 Å². The van der Waals surface area contributed by atoms with E-state index in [1.165, 1.54) is 36.1 Å². The third-order valence-corrected chi connectivity index (χ3v) is 5.35. The maximum absolute atomic E-state index is 5.11. The van der Waals surface area contributed by atoms with Crippen LogP contribution >= 0.6 is 0 Å². The third kappa shape index (κ3) is 4.59. The van der Waals surface area contributed by atoms with Gasteiger partial charge in [0, 0.05) is 17.3 Å². The molecule has 0 aliphatic heterocycles. The monoisotopic (exact) mass is 325 g/mol. The molecule has 0 amide bonds. The largest absolute Gasteiger partial charge is 0.258 e. The van der Waals surface area contributed by atoms with E-state index in [1.54, 1.807) is 0 Å². The molecule has 1 saturated carbocycles. The van der Waals surface area contributed by atoms with E-state index in [-0.39, 0.29) is 0 Å². The molecule has 1 aromatic rings. The van der Waals surface area contributed by atoms with Crippen molar-refractivity contribution in [2.24, 2.45) is 21.7 Å². The minimum Gasteiger partial charge on any atom is -0.258 e. The Bertz CT molecular complexity index is 615. The number of nitrogens with zero attached hydrogens (tertiary/aromatic N) is 1. The lowest BCUT2D eigenvalue weighted by molar-refractivity contribution is 0.0813. The normalized spacial score (nSPS) is 21.8. The molecule has 0 heterocycles. The quantitative estimate of drug-likeness (QED) is 0.539. The molecule has 1 heteroatoms. The minimum absolute atomic E-state index is 0.394. The summed E-state index contributed by atoms with van der Waals surface area (Å²) in [6, 6.07) is 8.67. The van der Waals surface area contributed by atoms with E-state index in [2.05, 4.69) is 78.8 Å². The van der Waals surface area contributed by atoms with E-state index in [0.29, 0.717) is 16.7 Å². The standard InChI is InChI=1S/C23H35N/c1-8-18-12-10-11-13-20(18)17(3)24-21(9-2)19-14-22(4,5)16-23(6,7)15-19/h9-13,19H,8,14-16H2,1-7H3/b21-9-,24-17+. The van der Waals surface area contributed by atoms with E-state index in [4.69, 9.17) is 4.99 Å². The Morgan fingerprint density at radius 1 is 1.12 bits per heavy atom. The molecule has 1 nitrogen and oxygen atoms in total. The highest BCUT2D eigenvalue weighted by Crippen LogP contribution is 2.50. The average Bonchev–Trinajstić information content (AvgIpc) is 2.49. The van der Waals surface area contributed by atoms with E-state index in [0.717, 1.165) is 12.1 Å². The van der Waals surface area contributed by atoms with Crippen molar-refractivity contribution >= 4 is 5.71 Å². The lowest BCUT2D eigenvalue weighted by atomic mass is 9.61. The van der Waals surface area contributed by atoms with Crippen LogP contribution in [0.1, 0.15) is 78.9 Å². The van der Waals surface area contributed by atoms with Gasteiger partial charge in [-0.15, -0.1) is 0 Å². The van der Waals surface area contributed by atoms with Crippen LogP contribution in [-0.4, -0.2) is 5.71 Å². The van der Waals surface area contributed by atoms with Crippen LogP contribution in [-0.2, 0) is 6.42 Å². The van der Waals surface area contributed by atoms with Crippen LogP contribution in [0.4, 0.5) is 0 Å². The second-order valence-corrected chi connectivity index (χ2v) is 9.03. The third-order valence-electron chi connectivity index (χ3n) is 5.35. The molecule has 0 saturated heterocycles. The summed E-state index contributed by atoms with van der Waals surface area (Å²) >= 11 is 0. The van der Waals surface area contributed by atoms with Gasteiger partial charge in [0.1, 0.15) is 0 Å². The van der Waals surface area contributed by atoms with Crippen LogP contribution in [0.2, 0.25) is 0 Å². The number of hydrogen-bond acceptors (Lipinski definition) is 1. The van der Waals surface area contributed by atoms with Crippen LogP contribution < -0.4 is 0 Å². The van der Waals surface area contributed by atoms with Crippen molar-refractivity contribution in [1.29, 1.82) is 0 Å². The van der Waals surface area contributed by atoms with Gasteiger partial charge in [0.05, 0.1) is 0 Å². The molecule has 0 radical (unpaired) electrons. The number of hydrogen-bond donors (Lipinski definition) is 0. The lowest BCUT2D eigenvalue weighted by Gasteiger charge is -2.45. The molecule has 1 aliphatic carbocycles. The predicted molar refractivity (Wildman–Crippen MR) is 107 cm³/mol. The van der Waals surface area contributed by atoms with E-state index in [1.807, 2.05) is 0 Å². The first-order valence-corrected chi connectivity index (χ1v) is 9.47. The molecule has 0 aromatic heterocycles. The second-order valence-electron chi connectivity index (χ2n) is 9.03. The molecule has 0 unspecified atom stereocenters. The van der Waals surface area contributed by atoms with E-state index in [9.17, 15) is 0 Å². The molecule has 1 aliphatic rings. The first-order valence-electron chi connectivity index (χ1n) is 9.47. The smallest absolute Gasteiger partial charge is 0.0450 e. The first-order chi connectivity index (χ1) is 11.2. The summed E-state index contributed by atoms with van der Waals surface area (Å²) in [6.07, 6.45) is 7.07. The van der Waals surface area contributed by atoms with Crippen molar-refractivity contribution < 1.29 is 0 Å². The van der Waals surface area contributed by atoms with Crippen LogP contribution in [0.5, 0.6) is 0 Å². The molecule has 1 fully saturated rings. The molecule has 0 atom stereocenters. The number of benzene rings is 1. The van der Waals surface area contributed by atoms with Crippen LogP contribution in [0.15, 0.2) is 41.0 Å². The van der Waals surface area contributed by atoms with Gasteiger partial charge < -0.3 is 0 Å². The zero-order chi connectivity index (χ0) is 18.0. The maximum atomic E-state index is 5.11. The van der Waals surface area contributed by atoms with Gasteiger partial charge in [0.2, 0.25) is 0 Å². The van der Waals surface area contributed by atoms with Crippen molar-refractivity contribution in [3.05, 3.63) is 47.2 Å². The van der Waals surface area contributed by atoms with Gasteiger partial charge in [-0.05, 0) is 61.5 Å². The van der Waals surface area contributed by atoms with Gasteiger partial charge in [-0.1, -0.05) is 65.0 Å². The van der Waals surface area contributed by atoms with Crippen molar-refractivity contribution in [2.45, 2.75) is 74.1 Å². The fraction of sp³-hybridized carbons (Fsp3) is 0.609. The minimum atomic E-state index is 0.394. The number of allylic oxidation sites excluding steroid dienone is 2. The average molecular weight is 326 g/mol. The molecule has 0 spiro atoms. The summed E-state index contributed by atoms with van der Waals surface area (Å²) < 4.78 is 0. The van der Waals surface area contributed by atoms with Gasteiger partial charge >= 0.3 is 0 Å². The molecule has 24 heavy (non-hydrogen) atoms. The van der Waals surface area contributed by atoms with E-state index >= 15 is 0 Å². The lowest BCUT2D eigenvalue weighted by Crippen LogP contribution is -2.34. The molecule has 0 bridgehead atoms. The predicted octanol–water partition coefficient (Wildman–Crippen LogP) is 6.81. The summed E-state index contributed by atoms with van der Waals surface area (Å²) in [5, 5.41) is 0. The second kappa shape index (κ2) is 7.25. The van der Waals surface area contributed by atoms with Crippen molar-refractivity contribution in [3.63, 3.8) is 0 Å². The summed E-state index contributed by atoms with van der Waals surface area (Å²) in [6.45, 7) is 16.2. The molecular formula is C23H35N. The summed E-state index contributed by atoms with van der Waals surface area (Å²) in [4.78, 5) is 5.11. The summed E-state index contributed by atoms with van der Waals surface area (Å²) in [5.74, 6) is 0.567. The summed E-state index contributed by atoms with van der Waals surface area (Å²) in [7, 11) is 0. The first kappa shape index (κ1) is 19.0. The Kier molecular flexibility index (Phi) is 5.73. The highest BCUT2D eigenvalue weighted by atomic mass is 14.8. The highest BCUT2D eigenvalue weighted by molar-refractivity contribution is 6.00. The van der Waals surface area contributed by atoms with Gasteiger partial charge in [0.15, 0.2) is 0 Å². The molecular weight excluding hydrogens is 290 g/mol. The maximum Gasteiger partial charge on any atom is 0.0450 e. The molecule has 0 N–H and O–H groups in total. The van der Waals surface area contributed by atoms with Crippen molar-refractivity contribution in [2.75, 3.05) is 0 Å². The van der Waals surface area contributed by atoms with Gasteiger partial charge in [-0.3, -0.25) is 4.99 Å². The SMILES string of the molecule is C/C=C(\N=C(/C)c1ccccc1CC)C1CC(C)(C)CC(C)(C)C1. The van der Waals surface area contributed by atoms with E-state index < -0.39 is 0 Å². The van der Waals surface area contributed by atoms with Crippen molar-refractivity contribution in [3.8, 4) is 0 Å². The Hall–Kier alpha value is -1.37. The molecule has 132 valence electrons. The Morgan fingerprint density at radius 3 is 2.25 bits per heavy atom. The number of aliphatic imine (C=N–C) groups is 1. The topological polar surface area (TPSA) is 12.4 Å². The number of aryl methyl sites for hydroxylation is 1. The van der Waals surface area contributed by atoms with Crippen LogP contribution in [0, 0.1) is 16.7 Å². The van der Waals surface area contributed by atoms with Crippen LogP contribution in [0.25, 0.3) is 0 Å². The molecule has 2 rings (SSSR count). The highest BCUT2D eigenvalue weighted by Gasteiger charge is 2.39. The Balaban J connectivity index is 2.32. The van der Waals surface area contributed by atoms with Gasteiger partial charge in [-0.25, -0.2) is 0 Å². The number of rotatable bonds is 4. The zero-order valence-corrected chi connectivity index (χ0v) is 16.7. The van der Waals surface area contributed by atoms with Crippen molar-refractivity contribution in [1.82, 2.24) is 0 Å². The fourth-order valence-electron chi connectivity index (χ4n) is 4.88. The Morgan fingerprint density at radius 2 is 1.71 bits per heavy atom. The van der Waals surface area contributed by atoms with Crippen LogP contribution in [0.3, 0.4) is 0 Å². The van der Waals surface area contributed by atoms with Gasteiger partial charge in [-0.2, -0.15) is 0 Å². The zero-order valence-electron chi connectivity index (χ0n) is 16.7. The molecule has 1 aromatic carbocycles.